The first-order chi connectivity index (χ1) is 19.7. The van der Waals surface area contributed by atoms with Crippen LogP contribution in [0.4, 0.5) is 24.5 Å². The quantitative estimate of drug-likeness (QED) is 0.0845. The lowest BCUT2D eigenvalue weighted by atomic mass is 10.1. The SMILES string of the molecule is COc1cc(S/N=C(N)/C=C\O)ccc1NCC#Cc1cc2c(NC3CCS(=O)CC3)cccc2n1CC(F)(F)F. The van der Waals surface area contributed by atoms with Crippen LogP contribution in [0.5, 0.6) is 5.75 Å². The zero-order valence-corrected chi connectivity index (χ0v) is 23.8. The molecular formula is C28H30F3N5O3S2. The van der Waals surface area contributed by atoms with Crippen molar-refractivity contribution < 1.29 is 27.2 Å². The number of nitrogens with two attached hydrogens (primary N) is 1. The molecule has 5 N–H and O–H groups in total. The second-order valence-corrected chi connectivity index (χ2v) is 11.7. The van der Waals surface area contributed by atoms with Gasteiger partial charge in [0.25, 0.3) is 0 Å². The van der Waals surface area contributed by atoms with E-state index < -0.39 is 23.5 Å². The van der Waals surface area contributed by atoms with Gasteiger partial charge in [-0.25, -0.2) is 0 Å². The van der Waals surface area contributed by atoms with Gasteiger partial charge >= 0.3 is 6.18 Å². The number of aromatic nitrogens is 1. The topological polar surface area (TPSA) is 114 Å². The van der Waals surface area contributed by atoms with Gasteiger partial charge in [-0.1, -0.05) is 12.0 Å². The van der Waals surface area contributed by atoms with E-state index in [9.17, 15) is 17.4 Å². The van der Waals surface area contributed by atoms with Crippen LogP contribution >= 0.6 is 11.9 Å². The lowest BCUT2D eigenvalue weighted by Crippen LogP contribution is -2.29. The standard InChI is InChI=1S/C28H30F3N5O3S2/c1-39-26-17-21(40-35-27(32)9-13-37)7-8-24(26)33-12-3-4-20-16-22-23(34-19-10-14-41(38)15-11-19)5-2-6-25(22)36(20)18-28(29,30)31/h2,5-9,13,16-17,19,33-34,37H,10-12,14-15,18H2,1H3,(H2,32,35)/b13-9-. The predicted molar refractivity (Wildman–Crippen MR) is 160 cm³/mol. The Kier molecular flexibility index (Phi) is 10.1. The van der Waals surface area contributed by atoms with E-state index in [-0.39, 0.29) is 24.1 Å². The molecule has 0 aliphatic carbocycles. The molecule has 1 aliphatic heterocycles. The number of amidine groups is 1. The average Bonchev–Trinajstić information content (AvgIpc) is 3.28. The smallest absolute Gasteiger partial charge is 0.406 e. The molecule has 1 fully saturated rings. The van der Waals surface area contributed by atoms with Gasteiger partial charge in [-0.05, 0) is 55.2 Å². The first-order valence-electron chi connectivity index (χ1n) is 12.7. The summed E-state index contributed by atoms with van der Waals surface area (Å²) in [6.07, 6.45) is -0.875. The van der Waals surface area contributed by atoms with Gasteiger partial charge < -0.3 is 30.8 Å². The third-order valence-corrected chi connectivity index (χ3v) is 8.44. The molecule has 8 nitrogen and oxygen atoms in total. The molecule has 0 unspecified atom stereocenters. The van der Waals surface area contributed by atoms with Gasteiger partial charge in [-0.2, -0.15) is 17.6 Å². The fourth-order valence-electron chi connectivity index (χ4n) is 4.38. The molecule has 2 aromatic carbocycles. The molecule has 0 radical (unpaired) electrons. The van der Waals surface area contributed by atoms with Crippen molar-refractivity contribution in [3.05, 3.63) is 60.5 Å². The normalized spacial score (nSPS) is 17.8. The highest BCUT2D eigenvalue weighted by Gasteiger charge is 2.30. The number of anilines is 2. The molecule has 0 atom stereocenters. The first kappa shape index (κ1) is 30.2. The number of nitrogens with zero attached hydrogens (tertiary/aromatic N) is 2. The first-order valence-corrected chi connectivity index (χ1v) is 15.0. The summed E-state index contributed by atoms with van der Waals surface area (Å²) in [5.41, 5.74) is 7.71. The summed E-state index contributed by atoms with van der Waals surface area (Å²) in [6.45, 7) is -0.999. The number of ether oxygens (including phenoxy) is 1. The highest BCUT2D eigenvalue weighted by molar-refractivity contribution is 7.98. The summed E-state index contributed by atoms with van der Waals surface area (Å²) in [5, 5.41) is 16.0. The Balaban J connectivity index is 1.53. The molecule has 1 aromatic heterocycles. The molecule has 1 saturated heterocycles. The maximum atomic E-state index is 13.5. The minimum absolute atomic E-state index is 0.115. The summed E-state index contributed by atoms with van der Waals surface area (Å²) in [5.74, 6) is 7.73. The Morgan fingerprint density at radius 1 is 1.27 bits per heavy atom. The van der Waals surface area contributed by atoms with Crippen LogP contribution in [0.25, 0.3) is 10.9 Å². The number of methoxy groups -OCH3 is 1. The van der Waals surface area contributed by atoms with E-state index >= 15 is 0 Å². The largest absolute Gasteiger partial charge is 0.515 e. The molecular weight excluding hydrogens is 575 g/mol. The monoisotopic (exact) mass is 605 g/mol. The number of rotatable bonds is 9. The van der Waals surface area contributed by atoms with Crippen LogP contribution in [0, 0.1) is 11.8 Å². The van der Waals surface area contributed by atoms with Crippen molar-refractivity contribution in [3.8, 4) is 17.6 Å². The summed E-state index contributed by atoms with van der Waals surface area (Å²) in [7, 11) is 0.710. The Morgan fingerprint density at radius 3 is 2.76 bits per heavy atom. The van der Waals surface area contributed by atoms with Crippen LogP contribution in [0.1, 0.15) is 18.5 Å². The van der Waals surface area contributed by atoms with E-state index in [4.69, 9.17) is 15.6 Å². The van der Waals surface area contributed by atoms with Crippen LogP contribution < -0.4 is 21.1 Å². The molecule has 0 bridgehead atoms. The fourth-order valence-corrected chi connectivity index (χ4v) is 6.24. The van der Waals surface area contributed by atoms with E-state index in [1.165, 1.54) is 17.8 Å². The Morgan fingerprint density at radius 2 is 2.05 bits per heavy atom. The summed E-state index contributed by atoms with van der Waals surface area (Å²) >= 11 is 1.10. The van der Waals surface area contributed by atoms with Gasteiger partial charge in [-0.15, -0.1) is 0 Å². The summed E-state index contributed by atoms with van der Waals surface area (Å²) in [4.78, 5) is 0.746. The lowest BCUT2D eigenvalue weighted by molar-refractivity contribution is -0.140. The number of benzene rings is 2. The molecule has 3 aromatic rings. The Labute approximate surface area is 242 Å². The van der Waals surface area contributed by atoms with Gasteiger partial charge in [0.1, 0.15) is 18.1 Å². The third kappa shape index (κ3) is 8.37. The molecule has 0 spiro atoms. The van der Waals surface area contributed by atoms with Crippen molar-refractivity contribution in [1.29, 1.82) is 0 Å². The van der Waals surface area contributed by atoms with Crippen molar-refractivity contribution in [2.45, 2.75) is 36.5 Å². The minimum atomic E-state index is -4.42. The van der Waals surface area contributed by atoms with Crippen LogP contribution in [-0.4, -0.2) is 57.1 Å². The van der Waals surface area contributed by atoms with Gasteiger partial charge in [0.05, 0.1) is 36.8 Å². The number of fused-ring (bicyclic) bond motifs is 1. The van der Waals surface area contributed by atoms with Gasteiger partial charge in [0.2, 0.25) is 0 Å². The number of halogens is 3. The van der Waals surface area contributed by atoms with Crippen LogP contribution in [0.15, 0.2) is 64.1 Å². The van der Waals surface area contributed by atoms with E-state index in [2.05, 4.69) is 26.9 Å². The van der Waals surface area contributed by atoms with Crippen LogP contribution in [0.2, 0.25) is 0 Å². The summed E-state index contributed by atoms with van der Waals surface area (Å²) in [6, 6.07) is 12.4. The predicted octanol–water partition coefficient (Wildman–Crippen LogP) is 5.43. The minimum Gasteiger partial charge on any atom is -0.515 e. The Bertz CT molecular complexity index is 1520. The van der Waals surface area contributed by atoms with Crippen molar-refractivity contribution in [2.75, 3.05) is 35.8 Å². The maximum absolute atomic E-state index is 13.5. The zero-order chi connectivity index (χ0) is 29.4. The van der Waals surface area contributed by atoms with E-state index in [0.29, 0.717) is 33.8 Å². The fraction of sp³-hybridized carbons (Fsp3) is 0.321. The molecule has 13 heteroatoms. The molecule has 2 heterocycles. The molecule has 0 amide bonds. The van der Waals surface area contributed by atoms with Gasteiger partial charge in [0.15, 0.2) is 0 Å². The van der Waals surface area contributed by atoms with Crippen molar-refractivity contribution >= 4 is 50.9 Å². The van der Waals surface area contributed by atoms with Crippen molar-refractivity contribution in [3.63, 3.8) is 0 Å². The van der Waals surface area contributed by atoms with E-state index in [1.54, 1.807) is 36.4 Å². The van der Waals surface area contributed by atoms with Crippen LogP contribution in [0.3, 0.4) is 0 Å². The zero-order valence-electron chi connectivity index (χ0n) is 22.2. The van der Waals surface area contributed by atoms with Gasteiger partial charge in [0, 0.05) is 62.3 Å². The number of nitrogens with one attached hydrogen (secondary N) is 2. The lowest BCUT2D eigenvalue weighted by Gasteiger charge is -2.24. The van der Waals surface area contributed by atoms with Crippen molar-refractivity contribution in [1.82, 2.24) is 4.57 Å². The number of alkyl halides is 3. The number of aliphatic hydroxyl groups excluding tert-OH is 1. The second-order valence-electron chi connectivity index (χ2n) is 9.18. The van der Waals surface area contributed by atoms with Gasteiger partial charge in [-0.3, -0.25) is 4.21 Å². The van der Waals surface area contributed by atoms with E-state index in [0.717, 1.165) is 41.6 Å². The molecule has 1 aliphatic rings. The van der Waals surface area contributed by atoms with Crippen LogP contribution in [-0.2, 0) is 17.3 Å². The number of aliphatic hydroxyl groups is 1. The molecule has 218 valence electrons. The second kappa shape index (κ2) is 13.7. The Hall–Kier alpha value is -3.76. The molecule has 41 heavy (non-hydrogen) atoms. The molecule has 4 rings (SSSR count). The summed E-state index contributed by atoms with van der Waals surface area (Å²) < 4.78 is 63.0. The highest BCUT2D eigenvalue weighted by Crippen LogP contribution is 2.32. The average molecular weight is 606 g/mol. The molecule has 0 saturated carbocycles. The number of hydrogen-bond donors (Lipinski definition) is 4. The number of hydrogen-bond acceptors (Lipinski definition) is 7. The highest BCUT2D eigenvalue weighted by atomic mass is 32.2. The third-order valence-electron chi connectivity index (χ3n) is 6.29. The van der Waals surface area contributed by atoms with E-state index in [1.807, 2.05) is 6.07 Å². The maximum Gasteiger partial charge on any atom is 0.406 e. The van der Waals surface area contributed by atoms with Crippen molar-refractivity contribution in [2.24, 2.45) is 10.1 Å².